The number of nitrogens with one attached hydrogen (secondary N) is 1. The summed E-state index contributed by atoms with van der Waals surface area (Å²) in [5.41, 5.74) is 8.16. The van der Waals surface area contributed by atoms with Gasteiger partial charge in [-0.1, -0.05) is 29.3 Å². The van der Waals surface area contributed by atoms with Crippen LogP contribution in [-0.2, 0) is 0 Å². The van der Waals surface area contributed by atoms with Crippen molar-refractivity contribution in [3.05, 3.63) is 65.4 Å². The maximum atomic E-state index is 4.88. The maximum Gasteiger partial charge on any atom is 0.0733 e. The summed E-state index contributed by atoms with van der Waals surface area (Å²) in [7, 11) is 0. The van der Waals surface area contributed by atoms with Crippen LogP contribution in [0.25, 0.3) is 33.1 Å². The molecule has 0 bridgehead atoms. The quantitative estimate of drug-likeness (QED) is 0.505. The smallest absolute Gasteiger partial charge is 0.0733 e. The average molecular weight is 286 g/mol. The first-order chi connectivity index (χ1) is 10.6. The van der Waals surface area contributed by atoms with Gasteiger partial charge in [0, 0.05) is 27.5 Å². The number of aryl methyl sites for hydroxylation is 3. The molecule has 0 spiro atoms. The molecule has 0 aliphatic rings. The Kier molecular flexibility index (Phi) is 2.80. The molecular formula is C20H18N2. The first-order valence-electron chi connectivity index (χ1n) is 7.58. The van der Waals surface area contributed by atoms with Gasteiger partial charge in [0.2, 0.25) is 0 Å². The second-order valence-electron chi connectivity index (χ2n) is 6.07. The standard InChI is InChI=1S/C20H18N2/c1-12-4-7-17-15(10-12)6-9-19(22-17)20-14(3)21-18-8-5-13(2)11-16(18)20/h4-11,21H,1-3H3. The third-order valence-corrected chi connectivity index (χ3v) is 4.24. The minimum Gasteiger partial charge on any atom is -0.358 e. The summed E-state index contributed by atoms with van der Waals surface area (Å²) in [5.74, 6) is 0. The van der Waals surface area contributed by atoms with Crippen LogP contribution in [-0.4, -0.2) is 9.97 Å². The molecule has 2 nitrogen and oxygen atoms in total. The zero-order chi connectivity index (χ0) is 15.3. The van der Waals surface area contributed by atoms with Crippen molar-refractivity contribution in [2.75, 3.05) is 0 Å². The third kappa shape index (κ3) is 2.00. The van der Waals surface area contributed by atoms with E-state index in [1.165, 1.54) is 38.7 Å². The number of fused-ring (bicyclic) bond motifs is 2. The van der Waals surface area contributed by atoms with Gasteiger partial charge in [-0.05, 0) is 51.1 Å². The Morgan fingerprint density at radius 1 is 0.818 bits per heavy atom. The molecule has 0 radical (unpaired) electrons. The molecule has 0 aliphatic carbocycles. The highest BCUT2D eigenvalue weighted by Gasteiger charge is 2.12. The molecule has 0 aliphatic heterocycles. The molecule has 4 rings (SSSR count). The van der Waals surface area contributed by atoms with Crippen molar-refractivity contribution in [3.8, 4) is 11.3 Å². The Morgan fingerprint density at radius 2 is 1.59 bits per heavy atom. The molecule has 4 aromatic rings. The van der Waals surface area contributed by atoms with Crippen LogP contribution < -0.4 is 0 Å². The molecule has 0 amide bonds. The van der Waals surface area contributed by atoms with Crippen molar-refractivity contribution in [3.63, 3.8) is 0 Å². The van der Waals surface area contributed by atoms with Crippen molar-refractivity contribution in [1.29, 1.82) is 0 Å². The van der Waals surface area contributed by atoms with Crippen molar-refractivity contribution in [2.45, 2.75) is 20.8 Å². The normalized spacial score (nSPS) is 11.4. The van der Waals surface area contributed by atoms with Crippen molar-refractivity contribution < 1.29 is 0 Å². The van der Waals surface area contributed by atoms with Gasteiger partial charge in [-0.2, -0.15) is 0 Å². The monoisotopic (exact) mass is 286 g/mol. The maximum absolute atomic E-state index is 4.88. The minimum atomic E-state index is 1.03. The number of aromatic amines is 1. The fraction of sp³-hybridized carbons (Fsp3) is 0.150. The van der Waals surface area contributed by atoms with Gasteiger partial charge < -0.3 is 4.98 Å². The van der Waals surface area contributed by atoms with Crippen LogP contribution in [0, 0.1) is 20.8 Å². The molecular weight excluding hydrogens is 268 g/mol. The van der Waals surface area contributed by atoms with E-state index in [0.29, 0.717) is 0 Å². The van der Waals surface area contributed by atoms with Crippen LogP contribution in [0.4, 0.5) is 0 Å². The highest BCUT2D eigenvalue weighted by Crippen LogP contribution is 2.32. The van der Waals surface area contributed by atoms with Gasteiger partial charge in [0.25, 0.3) is 0 Å². The molecule has 2 aromatic carbocycles. The SMILES string of the molecule is Cc1ccc2nc(-c3c(C)[nH]c4ccc(C)cc34)ccc2c1. The second-order valence-corrected chi connectivity index (χ2v) is 6.07. The Hall–Kier alpha value is -2.61. The number of H-pyrrole nitrogens is 1. The lowest BCUT2D eigenvalue weighted by atomic mass is 10.0. The molecule has 2 heteroatoms. The number of hydrogen-bond donors (Lipinski definition) is 1. The Bertz CT molecular complexity index is 1010. The predicted octanol–water partition coefficient (Wildman–Crippen LogP) is 5.31. The number of hydrogen-bond acceptors (Lipinski definition) is 1. The van der Waals surface area contributed by atoms with E-state index in [-0.39, 0.29) is 0 Å². The zero-order valence-electron chi connectivity index (χ0n) is 13.1. The number of pyridine rings is 1. The molecule has 0 fully saturated rings. The summed E-state index contributed by atoms with van der Waals surface area (Å²) in [6.07, 6.45) is 0. The average Bonchev–Trinajstić information content (AvgIpc) is 2.82. The Labute approximate surface area is 129 Å². The summed E-state index contributed by atoms with van der Waals surface area (Å²) in [6.45, 7) is 6.35. The van der Waals surface area contributed by atoms with E-state index in [1.54, 1.807) is 0 Å². The zero-order valence-corrected chi connectivity index (χ0v) is 13.1. The van der Waals surface area contributed by atoms with Gasteiger partial charge >= 0.3 is 0 Å². The molecule has 0 saturated carbocycles. The summed E-state index contributed by atoms with van der Waals surface area (Å²) in [4.78, 5) is 8.35. The van der Waals surface area contributed by atoms with Gasteiger partial charge in [0.15, 0.2) is 0 Å². The summed E-state index contributed by atoms with van der Waals surface area (Å²) in [6, 6.07) is 17.2. The number of benzene rings is 2. The van der Waals surface area contributed by atoms with Crippen LogP contribution >= 0.6 is 0 Å². The highest BCUT2D eigenvalue weighted by atomic mass is 14.8. The molecule has 0 atom stereocenters. The van der Waals surface area contributed by atoms with E-state index in [0.717, 1.165) is 11.2 Å². The first kappa shape index (κ1) is 13.1. The van der Waals surface area contributed by atoms with Gasteiger partial charge in [-0.15, -0.1) is 0 Å². The number of aromatic nitrogens is 2. The van der Waals surface area contributed by atoms with Gasteiger partial charge in [0.1, 0.15) is 0 Å². The largest absolute Gasteiger partial charge is 0.358 e. The van der Waals surface area contributed by atoms with Crippen LogP contribution in [0.15, 0.2) is 48.5 Å². The Balaban J connectivity index is 2.00. The molecule has 2 aromatic heterocycles. The lowest BCUT2D eigenvalue weighted by Crippen LogP contribution is -1.87. The Morgan fingerprint density at radius 3 is 2.45 bits per heavy atom. The van der Waals surface area contributed by atoms with Crippen molar-refractivity contribution >= 4 is 21.8 Å². The molecule has 0 unspecified atom stereocenters. The fourth-order valence-electron chi connectivity index (χ4n) is 3.15. The van der Waals surface area contributed by atoms with Crippen molar-refractivity contribution in [1.82, 2.24) is 9.97 Å². The third-order valence-electron chi connectivity index (χ3n) is 4.24. The van der Waals surface area contributed by atoms with Crippen LogP contribution in [0.5, 0.6) is 0 Å². The van der Waals surface area contributed by atoms with E-state index < -0.39 is 0 Å². The van der Waals surface area contributed by atoms with Gasteiger partial charge in [0.05, 0.1) is 11.2 Å². The highest BCUT2D eigenvalue weighted by molar-refractivity contribution is 5.98. The predicted molar refractivity (Wildman–Crippen MR) is 93.2 cm³/mol. The van der Waals surface area contributed by atoms with E-state index >= 15 is 0 Å². The number of nitrogens with zero attached hydrogens (tertiary/aromatic N) is 1. The molecule has 108 valence electrons. The van der Waals surface area contributed by atoms with E-state index in [9.17, 15) is 0 Å². The summed E-state index contributed by atoms with van der Waals surface area (Å²) < 4.78 is 0. The fourth-order valence-corrected chi connectivity index (χ4v) is 3.15. The molecule has 0 saturated heterocycles. The van der Waals surface area contributed by atoms with Crippen LogP contribution in [0.2, 0.25) is 0 Å². The summed E-state index contributed by atoms with van der Waals surface area (Å²) >= 11 is 0. The van der Waals surface area contributed by atoms with E-state index in [4.69, 9.17) is 4.98 Å². The molecule has 22 heavy (non-hydrogen) atoms. The molecule has 2 heterocycles. The van der Waals surface area contributed by atoms with Crippen LogP contribution in [0.3, 0.4) is 0 Å². The number of rotatable bonds is 1. The lowest BCUT2D eigenvalue weighted by Gasteiger charge is -2.05. The molecule has 1 N–H and O–H groups in total. The van der Waals surface area contributed by atoms with E-state index in [2.05, 4.69) is 74.3 Å². The van der Waals surface area contributed by atoms with Gasteiger partial charge in [-0.3, -0.25) is 0 Å². The summed E-state index contributed by atoms with van der Waals surface area (Å²) in [5, 5.41) is 2.44. The van der Waals surface area contributed by atoms with Crippen LogP contribution in [0.1, 0.15) is 16.8 Å². The first-order valence-corrected chi connectivity index (χ1v) is 7.58. The topological polar surface area (TPSA) is 28.7 Å². The minimum absolute atomic E-state index is 1.03. The van der Waals surface area contributed by atoms with Crippen molar-refractivity contribution in [2.24, 2.45) is 0 Å². The lowest BCUT2D eigenvalue weighted by molar-refractivity contribution is 1.28. The van der Waals surface area contributed by atoms with E-state index in [1.807, 2.05) is 0 Å². The second kappa shape index (κ2) is 4.70. The van der Waals surface area contributed by atoms with Gasteiger partial charge in [-0.25, -0.2) is 4.98 Å².